The van der Waals surface area contributed by atoms with E-state index < -0.39 is 0 Å². The Labute approximate surface area is 169 Å². The molecule has 1 saturated heterocycles. The zero-order chi connectivity index (χ0) is 17.8. The Balaban J connectivity index is 0.00000243. The summed E-state index contributed by atoms with van der Waals surface area (Å²) >= 11 is 7.89. The minimum Gasteiger partial charge on any atom is -0.353 e. The maximum atomic E-state index is 13.2. The van der Waals surface area contributed by atoms with Crippen LogP contribution in [0.4, 0.5) is 4.39 Å². The molecule has 1 aliphatic heterocycles. The zero-order valence-electron chi connectivity index (χ0n) is 15.0. The average Bonchev–Trinajstić information content (AvgIpc) is 3.10. The van der Waals surface area contributed by atoms with E-state index in [1.54, 1.807) is 17.4 Å². The van der Waals surface area contributed by atoms with Gasteiger partial charge in [0.2, 0.25) is 0 Å². The Morgan fingerprint density at radius 1 is 1.23 bits per heavy atom. The van der Waals surface area contributed by atoms with Crippen LogP contribution in [0, 0.1) is 5.82 Å². The third-order valence-electron chi connectivity index (χ3n) is 4.20. The second kappa shape index (κ2) is 9.70. The van der Waals surface area contributed by atoms with Crippen LogP contribution >= 0.6 is 35.3 Å². The molecule has 0 atom stereocenters. The molecule has 1 aromatic heterocycles. The van der Waals surface area contributed by atoms with Crippen molar-refractivity contribution in [2.75, 3.05) is 26.2 Å². The predicted octanol–water partition coefficient (Wildman–Crippen LogP) is 4.94. The molecule has 2 aromatic rings. The molecule has 0 aliphatic carbocycles. The molecule has 3 rings (SSSR count). The van der Waals surface area contributed by atoms with Crippen molar-refractivity contribution in [3.63, 3.8) is 0 Å². The van der Waals surface area contributed by atoms with Crippen molar-refractivity contribution >= 4 is 41.2 Å². The summed E-state index contributed by atoms with van der Waals surface area (Å²) in [4.78, 5) is 10.8. The van der Waals surface area contributed by atoms with Gasteiger partial charge in [0.05, 0.1) is 4.88 Å². The van der Waals surface area contributed by atoms with Crippen LogP contribution in [0.25, 0.3) is 0 Å². The van der Waals surface area contributed by atoms with Crippen LogP contribution in [0.2, 0.25) is 5.02 Å². The van der Waals surface area contributed by atoms with Crippen LogP contribution in [-0.4, -0.2) is 47.9 Å². The lowest BCUT2D eigenvalue weighted by atomic mass is 10.2. The molecule has 2 heterocycles. The van der Waals surface area contributed by atoms with E-state index in [2.05, 4.69) is 41.2 Å². The largest absolute Gasteiger partial charge is 0.353 e. The van der Waals surface area contributed by atoms with Gasteiger partial charge in [-0.25, -0.2) is 4.39 Å². The van der Waals surface area contributed by atoms with Crippen LogP contribution < -0.4 is 0 Å². The SMILES string of the molecule is CC(C)N=C(c1cccs1)N1CCN(Cc2ccc(F)cc2Cl)CC1.Cl. The quantitative estimate of drug-likeness (QED) is 0.520. The molecule has 142 valence electrons. The van der Waals surface area contributed by atoms with Gasteiger partial charge >= 0.3 is 0 Å². The average molecular weight is 416 g/mol. The van der Waals surface area contributed by atoms with Gasteiger partial charge in [0.25, 0.3) is 0 Å². The van der Waals surface area contributed by atoms with Gasteiger partial charge in [-0.15, -0.1) is 23.7 Å². The van der Waals surface area contributed by atoms with Crippen molar-refractivity contribution in [1.29, 1.82) is 0 Å². The number of rotatable bonds is 4. The van der Waals surface area contributed by atoms with Crippen molar-refractivity contribution in [2.45, 2.75) is 26.4 Å². The van der Waals surface area contributed by atoms with Gasteiger partial charge in [0.1, 0.15) is 11.7 Å². The molecule has 1 aromatic carbocycles. The fourth-order valence-electron chi connectivity index (χ4n) is 2.96. The first kappa shape index (κ1) is 21.2. The van der Waals surface area contributed by atoms with E-state index >= 15 is 0 Å². The number of halogens is 3. The number of piperazine rings is 1. The molecule has 0 N–H and O–H groups in total. The lowest BCUT2D eigenvalue weighted by molar-refractivity contribution is 0.175. The van der Waals surface area contributed by atoms with E-state index in [4.69, 9.17) is 16.6 Å². The molecular formula is C19H24Cl2FN3S. The summed E-state index contributed by atoms with van der Waals surface area (Å²) < 4.78 is 13.2. The molecule has 1 fully saturated rings. The van der Waals surface area contributed by atoms with E-state index in [0.29, 0.717) is 5.02 Å². The zero-order valence-corrected chi connectivity index (χ0v) is 17.4. The Morgan fingerprint density at radius 2 is 1.96 bits per heavy atom. The van der Waals surface area contributed by atoms with Crippen LogP contribution in [0.15, 0.2) is 40.7 Å². The molecule has 3 nitrogen and oxygen atoms in total. The van der Waals surface area contributed by atoms with Gasteiger partial charge < -0.3 is 4.90 Å². The molecule has 0 radical (unpaired) electrons. The molecule has 0 saturated carbocycles. The smallest absolute Gasteiger partial charge is 0.141 e. The van der Waals surface area contributed by atoms with E-state index in [9.17, 15) is 4.39 Å². The number of benzene rings is 1. The van der Waals surface area contributed by atoms with Crippen molar-refractivity contribution in [2.24, 2.45) is 4.99 Å². The highest BCUT2D eigenvalue weighted by Crippen LogP contribution is 2.21. The summed E-state index contributed by atoms with van der Waals surface area (Å²) in [5.74, 6) is 0.813. The summed E-state index contributed by atoms with van der Waals surface area (Å²) in [6.45, 7) is 8.72. The van der Waals surface area contributed by atoms with Crippen LogP contribution in [0.1, 0.15) is 24.3 Å². The van der Waals surface area contributed by atoms with Gasteiger partial charge in [-0.3, -0.25) is 9.89 Å². The van der Waals surface area contributed by atoms with E-state index in [-0.39, 0.29) is 24.3 Å². The fraction of sp³-hybridized carbons (Fsp3) is 0.421. The maximum absolute atomic E-state index is 13.2. The normalized spacial score (nSPS) is 16.0. The summed E-state index contributed by atoms with van der Waals surface area (Å²) in [5, 5.41) is 2.60. The van der Waals surface area contributed by atoms with Crippen molar-refractivity contribution in [3.05, 3.63) is 57.0 Å². The number of thiophene rings is 1. The van der Waals surface area contributed by atoms with Crippen molar-refractivity contribution in [3.8, 4) is 0 Å². The van der Waals surface area contributed by atoms with Gasteiger partial charge in [-0.1, -0.05) is 23.7 Å². The summed E-state index contributed by atoms with van der Waals surface area (Å²) in [6, 6.07) is 9.12. The molecule has 7 heteroatoms. The van der Waals surface area contributed by atoms with Crippen LogP contribution in [0.3, 0.4) is 0 Å². The molecule has 0 bridgehead atoms. The van der Waals surface area contributed by atoms with Crippen molar-refractivity contribution in [1.82, 2.24) is 9.80 Å². The lowest BCUT2D eigenvalue weighted by Gasteiger charge is -2.36. The second-order valence-electron chi connectivity index (χ2n) is 6.52. The predicted molar refractivity (Wildman–Crippen MR) is 112 cm³/mol. The minimum absolute atomic E-state index is 0. The number of hydrogen-bond donors (Lipinski definition) is 0. The first-order chi connectivity index (χ1) is 12.0. The third-order valence-corrected chi connectivity index (χ3v) is 5.42. The monoisotopic (exact) mass is 415 g/mol. The lowest BCUT2D eigenvalue weighted by Crippen LogP contribution is -2.48. The van der Waals surface area contributed by atoms with Gasteiger partial charge in [0, 0.05) is 43.8 Å². The first-order valence-corrected chi connectivity index (χ1v) is 9.81. The molecule has 0 unspecified atom stereocenters. The fourth-order valence-corrected chi connectivity index (χ4v) is 3.94. The van der Waals surface area contributed by atoms with E-state index in [1.165, 1.54) is 17.0 Å². The van der Waals surface area contributed by atoms with Crippen molar-refractivity contribution < 1.29 is 4.39 Å². The number of aliphatic imine (C=N–C) groups is 1. The molecule has 1 aliphatic rings. The third kappa shape index (κ3) is 5.43. The first-order valence-electron chi connectivity index (χ1n) is 8.56. The highest BCUT2D eigenvalue weighted by atomic mass is 35.5. The van der Waals surface area contributed by atoms with Gasteiger partial charge in [-0.2, -0.15) is 0 Å². The minimum atomic E-state index is -0.288. The maximum Gasteiger partial charge on any atom is 0.141 e. The van der Waals surface area contributed by atoms with Gasteiger partial charge in [-0.05, 0) is 43.0 Å². The summed E-state index contributed by atoms with van der Waals surface area (Å²) in [6.07, 6.45) is 0. The highest BCUT2D eigenvalue weighted by molar-refractivity contribution is 7.12. The molecular weight excluding hydrogens is 392 g/mol. The van der Waals surface area contributed by atoms with E-state index in [0.717, 1.165) is 44.1 Å². The van der Waals surface area contributed by atoms with Crippen LogP contribution in [0.5, 0.6) is 0 Å². The number of nitrogens with zero attached hydrogens (tertiary/aromatic N) is 3. The summed E-state index contributed by atoms with van der Waals surface area (Å²) in [7, 11) is 0. The highest BCUT2D eigenvalue weighted by Gasteiger charge is 2.22. The Morgan fingerprint density at radius 3 is 2.54 bits per heavy atom. The number of hydrogen-bond acceptors (Lipinski definition) is 3. The molecule has 0 amide bonds. The molecule has 26 heavy (non-hydrogen) atoms. The van der Waals surface area contributed by atoms with Gasteiger partial charge in [0.15, 0.2) is 0 Å². The topological polar surface area (TPSA) is 18.8 Å². The van der Waals surface area contributed by atoms with Crippen LogP contribution in [-0.2, 0) is 6.54 Å². The Kier molecular flexibility index (Phi) is 7.89. The number of amidine groups is 1. The standard InChI is InChI=1S/C19H23ClFN3S.ClH/c1-14(2)22-19(18-4-3-11-25-18)24-9-7-23(8-10-24)13-15-5-6-16(21)12-17(15)20;/h3-6,11-12,14H,7-10,13H2,1-2H3;1H. The Hall–Kier alpha value is -1.14. The summed E-state index contributed by atoms with van der Waals surface area (Å²) in [5.41, 5.74) is 0.978. The van der Waals surface area contributed by atoms with E-state index in [1.807, 2.05) is 0 Å². The molecule has 0 spiro atoms. The second-order valence-corrected chi connectivity index (χ2v) is 7.88. The Bertz CT molecular complexity index is 726.